The molecule has 2 aromatic carbocycles. The number of amides is 2. The van der Waals surface area contributed by atoms with E-state index in [1.807, 2.05) is 42.5 Å². The first-order valence-corrected chi connectivity index (χ1v) is 9.44. The van der Waals surface area contributed by atoms with E-state index in [-0.39, 0.29) is 0 Å². The summed E-state index contributed by atoms with van der Waals surface area (Å²) in [7, 11) is 2.08. The van der Waals surface area contributed by atoms with Gasteiger partial charge in [-0.1, -0.05) is 36.4 Å². The van der Waals surface area contributed by atoms with Crippen LogP contribution in [0.1, 0.15) is 11.1 Å². The second-order valence-corrected chi connectivity index (χ2v) is 7.31. The number of carboxylic acid groups (broad SMARTS) is 1. The number of hydrogen-bond donors (Lipinski definition) is 1. The van der Waals surface area contributed by atoms with Crippen molar-refractivity contribution < 1.29 is 14.7 Å². The number of carbonyl (C=O) groups is 2. The minimum absolute atomic E-state index is 0.366. The van der Waals surface area contributed by atoms with Gasteiger partial charge in [-0.3, -0.25) is 9.69 Å². The average Bonchev–Trinajstić information content (AvgIpc) is 3.15. The van der Waals surface area contributed by atoms with Gasteiger partial charge in [0.2, 0.25) is 6.41 Å². The highest BCUT2D eigenvalue weighted by Crippen LogP contribution is 2.37. The van der Waals surface area contributed by atoms with E-state index < -0.39 is 6.09 Å². The fraction of sp³-hybridized carbons (Fsp3) is 0.333. The molecule has 0 unspecified atom stereocenters. The fourth-order valence-electron chi connectivity index (χ4n) is 4.00. The lowest BCUT2D eigenvalue weighted by molar-refractivity contribution is -0.110. The molecule has 1 saturated heterocycles. The number of anilines is 1. The van der Waals surface area contributed by atoms with Crippen molar-refractivity contribution >= 4 is 18.2 Å². The van der Waals surface area contributed by atoms with Crippen LogP contribution >= 0.6 is 0 Å². The Balaban J connectivity index is 1.73. The Labute approximate surface area is 164 Å². The minimum Gasteiger partial charge on any atom is -0.465 e. The lowest BCUT2D eigenvalue weighted by atomic mass is 9.95. The highest BCUT2D eigenvalue weighted by molar-refractivity contribution is 5.88. The first kappa shape index (κ1) is 18.5. The molecule has 1 N–H and O–H groups in total. The zero-order valence-electron chi connectivity index (χ0n) is 15.9. The molecule has 0 bridgehead atoms. The Morgan fingerprint density at radius 3 is 2.43 bits per heavy atom. The van der Waals surface area contributed by atoms with Crippen LogP contribution in [-0.2, 0) is 17.9 Å². The van der Waals surface area contributed by atoms with Gasteiger partial charge in [0.05, 0.1) is 12.2 Å². The summed E-state index contributed by atoms with van der Waals surface area (Å²) in [6, 6.07) is 13.8. The maximum absolute atomic E-state index is 12.0. The van der Waals surface area contributed by atoms with Crippen LogP contribution in [-0.4, -0.2) is 65.6 Å². The molecule has 28 heavy (non-hydrogen) atoms. The van der Waals surface area contributed by atoms with E-state index in [9.17, 15) is 14.7 Å². The number of hydrogen-bond acceptors (Lipinski definition) is 4. The third-order valence-electron chi connectivity index (χ3n) is 5.58. The molecule has 2 aliphatic rings. The molecule has 4 rings (SSSR count). The van der Waals surface area contributed by atoms with E-state index in [2.05, 4.69) is 17.0 Å². The molecule has 2 heterocycles. The molecule has 2 amide bonds. The normalized spacial score (nSPS) is 17.4. The molecular weight excluding hydrogens is 356 g/mol. The Bertz CT molecular complexity index is 893. The summed E-state index contributed by atoms with van der Waals surface area (Å²) >= 11 is 0. The fourth-order valence-corrected chi connectivity index (χ4v) is 4.00. The van der Waals surface area contributed by atoms with Gasteiger partial charge in [-0.15, -0.1) is 0 Å². The largest absolute Gasteiger partial charge is 0.465 e. The predicted octanol–water partition coefficient (Wildman–Crippen LogP) is 2.47. The number of carbonyl (C=O) groups excluding carboxylic acids is 1. The number of para-hydroxylation sites is 1. The molecule has 0 spiro atoms. The number of fused-ring (bicyclic) bond motifs is 1. The van der Waals surface area contributed by atoms with E-state index in [4.69, 9.17) is 0 Å². The zero-order valence-corrected chi connectivity index (χ0v) is 15.9. The van der Waals surface area contributed by atoms with Crippen molar-refractivity contribution in [2.45, 2.75) is 13.1 Å². The van der Waals surface area contributed by atoms with Crippen LogP contribution in [0, 0.1) is 0 Å². The van der Waals surface area contributed by atoms with Crippen LogP contribution in [0.15, 0.2) is 42.5 Å². The quantitative estimate of drug-likeness (QED) is 0.826. The Hall–Kier alpha value is -2.90. The number of likely N-dealkylation sites (N-methyl/N-ethyl adjacent to an activating group) is 1. The van der Waals surface area contributed by atoms with Crippen molar-refractivity contribution in [3.8, 4) is 11.1 Å². The van der Waals surface area contributed by atoms with E-state index >= 15 is 0 Å². The second-order valence-electron chi connectivity index (χ2n) is 7.31. The number of piperazine rings is 1. The number of hydrazine groups is 1. The van der Waals surface area contributed by atoms with Gasteiger partial charge in [0.1, 0.15) is 0 Å². The first-order valence-electron chi connectivity index (χ1n) is 9.44. The van der Waals surface area contributed by atoms with Crippen LogP contribution < -0.4 is 5.01 Å². The van der Waals surface area contributed by atoms with Crippen molar-refractivity contribution in [2.24, 2.45) is 0 Å². The van der Waals surface area contributed by atoms with Crippen LogP contribution in [0.5, 0.6) is 0 Å². The van der Waals surface area contributed by atoms with Crippen molar-refractivity contribution in [3.63, 3.8) is 0 Å². The van der Waals surface area contributed by atoms with Gasteiger partial charge in [0.25, 0.3) is 0 Å². The molecule has 2 aromatic rings. The summed E-state index contributed by atoms with van der Waals surface area (Å²) in [4.78, 5) is 27.1. The summed E-state index contributed by atoms with van der Waals surface area (Å²) in [6.07, 6.45) is -0.0426. The standard InChI is InChI=1S/C21H24N4O3/c1-22-9-11-24(12-10-22)25(15-26)20-8-3-2-6-18(20)17-7-4-5-16-13-23(21(27)28)14-19(16)17/h2-8,15H,9-14H2,1H3,(H,27,28). The van der Waals surface area contributed by atoms with Gasteiger partial charge in [0, 0.05) is 38.3 Å². The van der Waals surface area contributed by atoms with Crippen molar-refractivity contribution in [2.75, 3.05) is 38.2 Å². The lowest BCUT2D eigenvalue weighted by Crippen LogP contribution is -2.52. The lowest BCUT2D eigenvalue weighted by Gasteiger charge is -2.38. The molecule has 2 aliphatic heterocycles. The Morgan fingerprint density at radius 1 is 1.00 bits per heavy atom. The van der Waals surface area contributed by atoms with Crippen LogP contribution in [0.25, 0.3) is 11.1 Å². The van der Waals surface area contributed by atoms with Crippen LogP contribution in [0.4, 0.5) is 10.5 Å². The molecule has 0 radical (unpaired) electrons. The third kappa shape index (κ3) is 3.34. The van der Waals surface area contributed by atoms with Gasteiger partial charge in [-0.25, -0.2) is 14.8 Å². The zero-order chi connectivity index (χ0) is 19.7. The summed E-state index contributed by atoms with van der Waals surface area (Å²) in [5, 5.41) is 13.1. The topological polar surface area (TPSA) is 67.3 Å². The van der Waals surface area contributed by atoms with Crippen LogP contribution in [0.2, 0.25) is 0 Å². The number of nitrogens with zero attached hydrogens (tertiary/aromatic N) is 4. The van der Waals surface area contributed by atoms with Gasteiger partial charge in [-0.2, -0.15) is 0 Å². The van der Waals surface area contributed by atoms with Gasteiger partial charge < -0.3 is 10.0 Å². The molecule has 7 nitrogen and oxygen atoms in total. The molecule has 1 fully saturated rings. The summed E-state index contributed by atoms with van der Waals surface area (Å²) in [6.45, 7) is 4.13. The van der Waals surface area contributed by atoms with Gasteiger partial charge in [0.15, 0.2) is 0 Å². The van der Waals surface area contributed by atoms with E-state index in [1.165, 1.54) is 4.90 Å². The highest BCUT2D eigenvalue weighted by Gasteiger charge is 2.28. The first-order chi connectivity index (χ1) is 13.6. The molecule has 0 atom stereocenters. The maximum atomic E-state index is 12.0. The number of rotatable bonds is 4. The average molecular weight is 380 g/mol. The van der Waals surface area contributed by atoms with E-state index in [1.54, 1.807) is 5.01 Å². The summed E-state index contributed by atoms with van der Waals surface area (Å²) in [5.41, 5.74) is 4.79. The molecule has 7 heteroatoms. The smallest absolute Gasteiger partial charge is 0.407 e. The Kier molecular flexibility index (Phi) is 5.02. The summed E-state index contributed by atoms with van der Waals surface area (Å²) in [5.74, 6) is 0. The second kappa shape index (κ2) is 7.61. The summed E-state index contributed by atoms with van der Waals surface area (Å²) < 4.78 is 0. The predicted molar refractivity (Wildman–Crippen MR) is 107 cm³/mol. The van der Waals surface area contributed by atoms with E-state index in [0.717, 1.165) is 60.5 Å². The molecule has 146 valence electrons. The SMILES string of the molecule is CN1CCN(N(C=O)c2ccccc2-c2cccc3c2CN(C(=O)O)C3)CC1. The van der Waals surface area contributed by atoms with Crippen molar-refractivity contribution in [1.82, 2.24) is 14.8 Å². The van der Waals surface area contributed by atoms with E-state index in [0.29, 0.717) is 13.1 Å². The number of benzene rings is 2. The minimum atomic E-state index is -0.914. The van der Waals surface area contributed by atoms with Crippen molar-refractivity contribution in [1.29, 1.82) is 0 Å². The maximum Gasteiger partial charge on any atom is 0.407 e. The third-order valence-corrected chi connectivity index (χ3v) is 5.58. The molecule has 0 saturated carbocycles. The molecule has 0 aromatic heterocycles. The monoisotopic (exact) mass is 380 g/mol. The molecule has 0 aliphatic carbocycles. The van der Waals surface area contributed by atoms with Crippen LogP contribution in [0.3, 0.4) is 0 Å². The molecular formula is C21H24N4O3. The Morgan fingerprint density at radius 2 is 1.71 bits per heavy atom. The van der Waals surface area contributed by atoms with Crippen molar-refractivity contribution in [3.05, 3.63) is 53.6 Å². The van der Waals surface area contributed by atoms with Gasteiger partial charge in [-0.05, 0) is 29.8 Å². The van der Waals surface area contributed by atoms with Gasteiger partial charge >= 0.3 is 6.09 Å². The highest BCUT2D eigenvalue weighted by atomic mass is 16.4.